The lowest BCUT2D eigenvalue weighted by atomic mass is 9.95. The number of ether oxygens (including phenoxy) is 2. The van der Waals surface area contributed by atoms with E-state index < -0.39 is 5.54 Å². The summed E-state index contributed by atoms with van der Waals surface area (Å²) in [6.45, 7) is 4.37. The minimum absolute atomic E-state index is 0.345. The molecule has 0 aliphatic heterocycles. The third-order valence-corrected chi connectivity index (χ3v) is 2.77. The number of rotatable bonds is 6. The maximum atomic E-state index is 11.4. The number of esters is 1. The molecule has 0 aromatic heterocycles. The summed E-state index contributed by atoms with van der Waals surface area (Å²) in [4.78, 5) is 11.4. The van der Waals surface area contributed by atoms with E-state index in [9.17, 15) is 4.79 Å². The number of hydrogen-bond donors (Lipinski definition) is 1. The molecular formula is C11H21NO3. The van der Waals surface area contributed by atoms with E-state index in [-0.39, 0.29) is 5.97 Å². The average molecular weight is 215 g/mol. The largest absolute Gasteiger partial charge is 0.465 e. The van der Waals surface area contributed by atoms with Crippen molar-refractivity contribution in [2.75, 3.05) is 13.2 Å². The van der Waals surface area contributed by atoms with E-state index in [0.717, 1.165) is 12.8 Å². The van der Waals surface area contributed by atoms with Gasteiger partial charge in [-0.15, -0.1) is 0 Å². The molecule has 1 aliphatic rings. The molecule has 0 bridgehead atoms. The van der Waals surface area contributed by atoms with Gasteiger partial charge in [0.05, 0.1) is 12.7 Å². The SMILES string of the molecule is CCOC(=O)C(C)(N)CCOC1CCC1. The van der Waals surface area contributed by atoms with Gasteiger partial charge in [0.25, 0.3) is 0 Å². The van der Waals surface area contributed by atoms with E-state index in [1.165, 1.54) is 6.42 Å². The van der Waals surface area contributed by atoms with Crippen molar-refractivity contribution in [3.05, 3.63) is 0 Å². The van der Waals surface area contributed by atoms with Crippen LogP contribution >= 0.6 is 0 Å². The van der Waals surface area contributed by atoms with Crippen LogP contribution < -0.4 is 5.73 Å². The summed E-state index contributed by atoms with van der Waals surface area (Å²) in [5.74, 6) is -0.345. The monoisotopic (exact) mass is 215 g/mol. The second-order valence-electron chi connectivity index (χ2n) is 4.31. The van der Waals surface area contributed by atoms with Crippen LogP contribution in [0.15, 0.2) is 0 Å². The molecule has 0 radical (unpaired) electrons. The van der Waals surface area contributed by atoms with E-state index in [4.69, 9.17) is 15.2 Å². The molecule has 0 amide bonds. The molecule has 15 heavy (non-hydrogen) atoms. The lowest BCUT2D eigenvalue weighted by Gasteiger charge is -2.28. The maximum Gasteiger partial charge on any atom is 0.325 e. The van der Waals surface area contributed by atoms with Crippen LogP contribution in [-0.2, 0) is 14.3 Å². The summed E-state index contributed by atoms with van der Waals surface area (Å²) < 4.78 is 10.4. The molecule has 0 aromatic rings. The van der Waals surface area contributed by atoms with Crippen molar-refractivity contribution in [1.29, 1.82) is 0 Å². The Hall–Kier alpha value is -0.610. The zero-order valence-corrected chi connectivity index (χ0v) is 9.62. The molecule has 88 valence electrons. The van der Waals surface area contributed by atoms with E-state index in [0.29, 0.717) is 25.7 Å². The van der Waals surface area contributed by atoms with Crippen molar-refractivity contribution in [2.24, 2.45) is 5.73 Å². The minimum Gasteiger partial charge on any atom is -0.465 e. The van der Waals surface area contributed by atoms with Gasteiger partial charge in [-0.05, 0) is 39.5 Å². The van der Waals surface area contributed by atoms with Gasteiger partial charge in [-0.1, -0.05) is 0 Å². The fraction of sp³-hybridized carbons (Fsp3) is 0.909. The first-order valence-electron chi connectivity index (χ1n) is 5.64. The van der Waals surface area contributed by atoms with Crippen molar-refractivity contribution in [2.45, 2.75) is 51.2 Å². The lowest BCUT2D eigenvalue weighted by Crippen LogP contribution is -2.47. The van der Waals surface area contributed by atoms with Crippen molar-refractivity contribution in [3.8, 4) is 0 Å². The summed E-state index contributed by atoms with van der Waals surface area (Å²) in [6, 6.07) is 0. The van der Waals surface area contributed by atoms with Crippen LogP contribution in [0.1, 0.15) is 39.5 Å². The molecule has 0 saturated heterocycles. The average Bonchev–Trinajstić information content (AvgIpc) is 2.10. The Kier molecular flexibility index (Phi) is 4.54. The van der Waals surface area contributed by atoms with Crippen molar-refractivity contribution in [3.63, 3.8) is 0 Å². The van der Waals surface area contributed by atoms with Gasteiger partial charge in [-0.2, -0.15) is 0 Å². The Morgan fingerprint density at radius 2 is 2.20 bits per heavy atom. The van der Waals surface area contributed by atoms with Crippen molar-refractivity contribution >= 4 is 5.97 Å². The van der Waals surface area contributed by atoms with Gasteiger partial charge < -0.3 is 15.2 Å². The molecule has 1 atom stereocenters. The van der Waals surface area contributed by atoms with Crippen LogP contribution in [-0.4, -0.2) is 30.8 Å². The Labute approximate surface area is 91.1 Å². The topological polar surface area (TPSA) is 61.5 Å². The van der Waals surface area contributed by atoms with Gasteiger partial charge in [0.2, 0.25) is 0 Å². The summed E-state index contributed by atoms with van der Waals surface area (Å²) in [5.41, 5.74) is 4.92. The molecule has 1 fully saturated rings. The number of nitrogens with two attached hydrogens (primary N) is 1. The zero-order valence-electron chi connectivity index (χ0n) is 9.62. The standard InChI is InChI=1S/C11H21NO3/c1-3-14-10(13)11(2,12)7-8-15-9-5-4-6-9/h9H,3-8,12H2,1-2H3. The summed E-state index contributed by atoms with van der Waals surface area (Å²) in [5, 5.41) is 0. The maximum absolute atomic E-state index is 11.4. The predicted molar refractivity (Wildman–Crippen MR) is 57.4 cm³/mol. The highest BCUT2D eigenvalue weighted by atomic mass is 16.5. The molecule has 4 nitrogen and oxygen atoms in total. The number of carbonyl (C=O) groups excluding carboxylic acids is 1. The Morgan fingerprint density at radius 1 is 1.53 bits per heavy atom. The van der Waals surface area contributed by atoms with Gasteiger partial charge in [-0.25, -0.2) is 0 Å². The molecule has 0 aromatic carbocycles. The molecule has 1 saturated carbocycles. The molecule has 2 N–H and O–H groups in total. The van der Waals surface area contributed by atoms with Crippen LogP contribution in [0, 0.1) is 0 Å². The summed E-state index contributed by atoms with van der Waals surface area (Å²) in [6.07, 6.45) is 4.44. The van der Waals surface area contributed by atoms with Gasteiger partial charge in [-0.3, -0.25) is 4.79 Å². The van der Waals surface area contributed by atoms with Crippen LogP contribution in [0.3, 0.4) is 0 Å². The fourth-order valence-electron chi connectivity index (χ4n) is 1.37. The second kappa shape index (κ2) is 5.47. The van der Waals surface area contributed by atoms with Crippen LogP contribution in [0.2, 0.25) is 0 Å². The van der Waals surface area contributed by atoms with E-state index in [1.54, 1.807) is 13.8 Å². The highest BCUT2D eigenvalue weighted by Gasteiger charge is 2.30. The Balaban J connectivity index is 2.18. The molecule has 0 spiro atoms. The lowest BCUT2D eigenvalue weighted by molar-refractivity contribution is -0.150. The minimum atomic E-state index is -0.917. The zero-order chi connectivity index (χ0) is 11.3. The summed E-state index contributed by atoms with van der Waals surface area (Å²) in [7, 11) is 0. The van der Waals surface area contributed by atoms with Crippen LogP contribution in [0.5, 0.6) is 0 Å². The molecule has 0 heterocycles. The second-order valence-corrected chi connectivity index (χ2v) is 4.31. The first-order valence-corrected chi connectivity index (χ1v) is 5.64. The third kappa shape index (κ3) is 3.80. The molecule has 4 heteroatoms. The first-order chi connectivity index (χ1) is 7.06. The van der Waals surface area contributed by atoms with Gasteiger partial charge >= 0.3 is 5.97 Å². The van der Waals surface area contributed by atoms with E-state index in [2.05, 4.69) is 0 Å². The van der Waals surface area contributed by atoms with Gasteiger partial charge in [0.1, 0.15) is 5.54 Å². The number of carbonyl (C=O) groups is 1. The quantitative estimate of drug-likeness (QED) is 0.677. The Morgan fingerprint density at radius 3 is 2.67 bits per heavy atom. The Bertz CT molecular complexity index is 212. The van der Waals surface area contributed by atoms with Gasteiger partial charge in [0.15, 0.2) is 0 Å². The fourth-order valence-corrected chi connectivity index (χ4v) is 1.37. The molecule has 1 rings (SSSR count). The van der Waals surface area contributed by atoms with Crippen molar-refractivity contribution < 1.29 is 14.3 Å². The van der Waals surface area contributed by atoms with Crippen LogP contribution in [0.4, 0.5) is 0 Å². The normalized spacial score (nSPS) is 20.5. The van der Waals surface area contributed by atoms with Crippen LogP contribution in [0.25, 0.3) is 0 Å². The predicted octanol–water partition coefficient (Wildman–Crippen LogP) is 1.23. The third-order valence-electron chi connectivity index (χ3n) is 2.77. The number of hydrogen-bond acceptors (Lipinski definition) is 4. The first kappa shape index (κ1) is 12.5. The molecule has 1 unspecified atom stereocenters. The smallest absolute Gasteiger partial charge is 0.325 e. The summed E-state index contributed by atoms with van der Waals surface area (Å²) >= 11 is 0. The van der Waals surface area contributed by atoms with E-state index >= 15 is 0 Å². The van der Waals surface area contributed by atoms with E-state index in [1.807, 2.05) is 0 Å². The van der Waals surface area contributed by atoms with Crippen molar-refractivity contribution in [1.82, 2.24) is 0 Å². The highest BCUT2D eigenvalue weighted by Crippen LogP contribution is 2.22. The van der Waals surface area contributed by atoms with Gasteiger partial charge in [0, 0.05) is 6.61 Å². The molecular weight excluding hydrogens is 194 g/mol. The highest BCUT2D eigenvalue weighted by molar-refractivity contribution is 5.79. The molecule has 1 aliphatic carbocycles.